The SMILES string of the molecule is CN(Cc1cccc2c1COB2O)C(=O)OC(C)(C)C. The Kier molecular flexibility index (Phi) is 4.06. The molecule has 1 amide bonds. The minimum atomic E-state index is -0.864. The van der Waals surface area contributed by atoms with Gasteiger partial charge in [-0.3, -0.25) is 0 Å². The molecule has 0 radical (unpaired) electrons. The maximum atomic E-state index is 12.0. The highest BCUT2D eigenvalue weighted by Gasteiger charge is 2.29. The molecule has 0 spiro atoms. The summed E-state index contributed by atoms with van der Waals surface area (Å²) in [6, 6.07) is 5.63. The van der Waals surface area contributed by atoms with E-state index in [0.29, 0.717) is 13.2 Å². The van der Waals surface area contributed by atoms with Crippen LogP contribution < -0.4 is 5.46 Å². The molecule has 0 atom stereocenters. The van der Waals surface area contributed by atoms with Crippen LogP contribution in [0.1, 0.15) is 31.9 Å². The molecule has 0 saturated carbocycles. The zero-order valence-corrected chi connectivity index (χ0v) is 12.3. The van der Waals surface area contributed by atoms with E-state index >= 15 is 0 Å². The van der Waals surface area contributed by atoms with Gasteiger partial charge in [-0.05, 0) is 37.4 Å². The molecule has 0 unspecified atom stereocenters. The largest absolute Gasteiger partial charge is 0.491 e. The van der Waals surface area contributed by atoms with Crippen LogP contribution in [-0.4, -0.2) is 35.8 Å². The Hall–Kier alpha value is -1.53. The molecule has 108 valence electrons. The monoisotopic (exact) mass is 277 g/mol. The zero-order valence-electron chi connectivity index (χ0n) is 12.3. The number of hydrogen-bond acceptors (Lipinski definition) is 4. The molecule has 0 bridgehead atoms. The first-order valence-electron chi connectivity index (χ1n) is 6.62. The van der Waals surface area contributed by atoms with E-state index < -0.39 is 12.7 Å². The van der Waals surface area contributed by atoms with E-state index in [4.69, 9.17) is 9.39 Å². The first-order valence-corrected chi connectivity index (χ1v) is 6.62. The van der Waals surface area contributed by atoms with Crippen molar-refractivity contribution < 1.29 is 19.2 Å². The quantitative estimate of drug-likeness (QED) is 0.827. The van der Waals surface area contributed by atoms with E-state index in [0.717, 1.165) is 16.6 Å². The number of hydrogen-bond donors (Lipinski definition) is 1. The Bertz CT molecular complexity index is 512. The average molecular weight is 277 g/mol. The van der Waals surface area contributed by atoms with Gasteiger partial charge in [0, 0.05) is 13.6 Å². The highest BCUT2D eigenvalue weighted by molar-refractivity contribution is 6.61. The van der Waals surface area contributed by atoms with Crippen molar-refractivity contribution in [1.29, 1.82) is 0 Å². The second kappa shape index (κ2) is 5.46. The summed E-state index contributed by atoms with van der Waals surface area (Å²) < 4.78 is 10.5. The van der Waals surface area contributed by atoms with Crippen LogP contribution in [0, 0.1) is 0 Å². The fourth-order valence-corrected chi connectivity index (χ4v) is 2.12. The van der Waals surface area contributed by atoms with Crippen molar-refractivity contribution in [3.05, 3.63) is 29.3 Å². The first kappa shape index (κ1) is 14.9. The molecule has 1 aliphatic rings. The number of carbonyl (C=O) groups is 1. The Morgan fingerprint density at radius 3 is 2.85 bits per heavy atom. The van der Waals surface area contributed by atoms with Crippen molar-refractivity contribution in [2.24, 2.45) is 0 Å². The van der Waals surface area contributed by atoms with Crippen molar-refractivity contribution in [2.45, 2.75) is 39.5 Å². The van der Waals surface area contributed by atoms with Crippen LogP contribution in [0.3, 0.4) is 0 Å². The maximum absolute atomic E-state index is 12.0. The molecule has 0 saturated heterocycles. The van der Waals surface area contributed by atoms with Gasteiger partial charge in [0.1, 0.15) is 5.60 Å². The van der Waals surface area contributed by atoms with Gasteiger partial charge in [0.25, 0.3) is 0 Å². The van der Waals surface area contributed by atoms with E-state index in [1.165, 1.54) is 4.90 Å². The van der Waals surface area contributed by atoms with Crippen LogP contribution in [0.4, 0.5) is 4.79 Å². The Morgan fingerprint density at radius 2 is 2.20 bits per heavy atom. The Labute approximate surface area is 119 Å². The Morgan fingerprint density at radius 1 is 1.50 bits per heavy atom. The van der Waals surface area contributed by atoms with Gasteiger partial charge in [0.2, 0.25) is 0 Å². The van der Waals surface area contributed by atoms with Gasteiger partial charge >= 0.3 is 13.2 Å². The summed E-state index contributed by atoms with van der Waals surface area (Å²) in [5.41, 5.74) is 2.19. The summed E-state index contributed by atoms with van der Waals surface area (Å²) in [5, 5.41) is 9.67. The molecule has 6 heteroatoms. The molecule has 0 aromatic heterocycles. The summed E-state index contributed by atoms with van der Waals surface area (Å²) in [6.07, 6.45) is -0.366. The molecule has 5 nitrogen and oxygen atoms in total. The average Bonchev–Trinajstić information content (AvgIpc) is 2.70. The molecule has 2 rings (SSSR count). The van der Waals surface area contributed by atoms with E-state index in [9.17, 15) is 9.82 Å². The fourth-order valence-electron chi connectivity index (χ4n) is 2.12. The molecule has 1 aromatic carbocycles. The summed E-state index contributed by atoms with van der Waals surface area (Å²) in [5.74, 6) is 0. The van der Waals surface area contributed by atoms with Crippen molar-refractivity contribution in [1.82, 2.24) is 4.90 Å². The molecule has 0 aliphatic carbocycles. The number of amides is 1. The van der Waals surface area contributed by atoms with E-state index in [-0.39, 0.29) is 6.09 Å². The predicted octanol–water partition coefficient (Wildman–Crippen LogP) is 1.27. The number of benzene rings is 1. The van der Waals surface area contributed by atoms with Gasteiger partial charge < -0.3 is 19.3 Å². The minimum absolute atomic E-state index is 0.366. The Balaban J connectivity index is 2.09. The second-order valence-electron chi connectivity index (χ2n) is 5.98. The lowest BCUT2D eigenvalue weighted by atomic mass is 9.78. The van der Waals surface area contributed by atoms with Crippen molar-refractivity contribution >= 4 is 18.7 Å². The van der Waals surface area contributed by atoms with Crippen molar-refractivity contribution in [2.75, 3.05) is 7.05 Å². The van der Waals surface area contributed by atoms with Crippen molar-refractivity contribution in [3.63, 3.8) is 0 Å². The standard InChI is InChI=1S/C14H20BNO4/c1-14(2,3)20-13(17)16(4)8-10-6-5-7-12-11(10)9-19-15(12)18/h5-7,18H,8-9H2,1-4H3. The molecule has 20 heavy (non-hydrogen) atoms. The fraction of sp³-hybridized carbons (Fsp3) is 0.500. The van der Waals surface area contributed by atoms with Gasteiger partial charge in [-0.1, -0.05) is 18.2 Å². The predicted molar refractivity (Wildman–Crippen MR) is 76.5 cm³/mol. The number of rotatable bonds is 2. The van der Waals surface area contributed by atoms with Gasteiger partial charge in [0.15, 0.2) is 0 Å². The lowest BCUT2D eigenvalue weighted by Crippen LogP contribution is -2.34. The van der Waals surface area contributed by atoms with E-state index in [2.05, 4.69) is 0 Å². The third-order valence-corrected chi connectivity index (χ3v) is 3.07. The van der Waals surface area contributed by atoms with Gasteiger partial charge in [-0.25, -0.2) is 4.79 Å². The molecule has 1 N–H and O–H groups in total. The smallest absolute Gasteiger partial charge is 0.444 e. The summed E-state index contributed by atoms with van der Waals surface area (Å²) in [4.78, 5) is 13.5. The highest BCUT2D eigenvalue weighted by Crippen LogP contribution is 2.17. The summed E-state index contributed by atoms with van der Waals surface area (Å²) in [6.45, 7) is 6.30. The highest BCUT2D eigenvalue weighted by atomic mass is 16.6. The first-order chi connectivity index (χ1) is 9.28. The molecular formula is C14H20BNO4. The molecule has 0 fully saturated rings. The van der Waals surface area contributed by atoms with Crippen LogP contribution in [-0.2, 0) is 22.5 Å². The summed E-state index contributed by atoms with van der Waals surface area (Å²) in [7, 11) is 0.830. The van der Waals surface area contributed by atoms with E-state index in [1.807, 2.05) is 39.0 Å². The molecule has 1 aromatic rings. The van der Waals surface area contributed by atoms with Gasteiger partial charge in [-0.15, -0.1) is 0 Å². The zero-order chi connectivity index (χ0) is 14.9. The number of fused-ring (bicyclic) bond motifs is 1. The molecule has 1 heterocycles. The van der Waals surface area contributed by atoms with Crippen LogP contribution in [0.2, 0.25) is 0 Å². The normalized spacial score (nSPS) is 14.2. The maximum Gasteiger partial charge on any atom is 0.491 e. The third kappa shape index (κ3) is 3.32. The third-order valence-electron chi connectivity index (χ3n) is 3.07. The lowest BCUT2D eigenvalue weighted by molar-refractivity contribution is 0.0284. The second-order valence-corrected chi connectivity index (χ2v) is 5.98. The number of nitrogens with zero attached hydrogens (tertiary/aromatic N) is 1. The number of carbonyl (C=O) groups excluding carboxylic acids is 1. The number of ether oxygens (including phenoxy) is 1. The van der Waals surface area contributed by atoms with Gasteiger partial charge in [0.05, 0.1) is 6.61 Å². The lowest BCUT2D eigenvalue weighted by Gasteiger charge is -2.25. The van der Waals surface area contributed by atoms with Crippen LogP contribution in [0.5, 0.6) is 0 Å². The van der Waals surface area contributed by atoms with Crippen LogP contribution in [0.25, 0.3) is 0 Å². The topological polar surface area (TPSA) is 59.0 Å². The molecule has 1 aliphatic heterocycles. The minimum Gasteiger partial charge on any atom is -0.444 e. The van der Waals surface area contributed by atoms with Crippen LogP contribution >= 0.6 is 0 Å². The molecular weight excluding hydrogens is 257 g/mol. The summed E-state index contributed by atoms with van der Waals surface area (Å²) >= 11 is 0. The van der Waals surface area contributed by atoms with Gasteiger partial charge in [-0.2, -0.15) is 0 Å². The van der Waals surface area contributed by atoms with Crippen LogP contribution in [0.15, 0.2) is 18.2 Å². The van der Waals surface area contributed by atoms with E-state index in [1.54, 1.807) is 7.05 Å². The van der Waals surface area contributed by atoms with Crippen molar-refractivity contribution in [3.8, 4) is 0 Å².